The van der Waals surface area contributed by atoms with E-state index in [2.05, 4.69) is 6.92 Å². The molecule has 0 unspecified atom stereocenters. The first-order valence-corrected chi connectivity index (χ1v) is 12.9. The molecule has 7 nitrogen and oxygen atoms in total. The highest BCUT2D eigenvalue weighted by molar-refractivity contribution is 7.88. The Labute approximate surface area is 190 Å². The Morgan fingerprint density at radius 3 is 2.34 bits per heavy atom. The van der Waals surface area contributed by atoms with E-state index >= 15 is 0 Å². The molecule has 32 heavy (non-hydrogen) atoms. The molecule has 0 aromatic heterocycles. The maximum Gasteiger partial charge on any atom is 0.258 e. The summed E-state index contributed by atoms with van der Waals surface area (Å²) in [6, 6.07) is 8.99. The summed E-state index contributed by atoms with van der Waals surface area (Å²) in [5, 5.41) is 22.0. The molecular weight excluding hydrogens is 428 g/mol. The number of sulfonamides is 1. The second kappa shape index (κ2) is 9.92. The predicted molar refractivity (Wildman–Crippen MR) is 125 cm³/mol. The average Bonchev–Trinajstić information content (AvgIpc) is 2.73. The Morgan fingerprint density at radius 1 is 1.06 bits per heavy atom. The lowest BCUT2D eigenvalue weighted by atomic mass is 9.92. The SMILES string of the molecule is CCCCCc1cc(O)c(-c2cccc(C)c2)c(O)c1C(=O)N1CCN(S(C)(=O)=O)CC1. The second-order valence-corrected chi connectivity index (χ2v) is 10.4. The van der Waals surface area contributed by atoms with Crippen LogP contribution in [-0.4, -0.2) is 66.2 Å². The van der Waals surface area contributed by atoms with Crippen molar-refractivity contribution < 1.29 is 23.4 Å². The maximum atomic E-state index is 13.5. The van der Waals surface area contributed by atoms with Crippen LogP contribution in [0.3, 0.4) is 0 Å². The van der Waals surface area contributed by atoms with E-state index in [0.29, 0.717) is 17.5 Å². The third-order valence-corrected chi connectivity index (χ3v) is 7.23. The Kier molecular flexibility index (Phi) is 7.46. The number of carbonyl (C=O) groups excluding carboxylic acids is 1. The van der Waals surface area contributed by atoms with Gasteiger partial charge in [-0.05, 0) is 37.0 Å². The molecule has 1 amide bonds. The number of amides is 1. The van der Waals surface area contributed by atoms with Crippen molar-refractivity contribution in [3.63, 3.8) is 0 Å². The number of benzene rings is 2. The largest absolute Gasteiger partial charge is 0.507 e. The van der Waals surface area contributed by atoms with Crippen LogP contribution in [0.25, 0.3) is 11.1 Å². The number of hydrogen-bond acceptors (Lipinski definition) is 5. The van der Waals surface area contributed by atoms with Crippen LogP contribution in [0.2, 0.25) is 0 Å². The van der Waals surface area contributed by atoms with Crippen LogP contribution in [0.4, 0.5) is 0 Å². The highest BCUT2D eigenvalue weighted by Crippen LogP contribution is 2.42. The van der Waals surface area contributed by atoms with E-state index in [0.717, 1.165) is 31.1 Å². The lowest BCUT2D eigenvalue weighted by Crippen LogP contribution is -2.50. The van der Waals surface area contributed by atoms with Gasteiger partial charge in [-0.25, -0.2) is 8.42 Å². The van der Waals surface area contributed by atoms with E-state index in [9.17, 15) is 23.4 Å². The Hall–Kier alpha value is -2.58. The van der Waals surface area contributed by atoms with Gasteiger partial charge in [0.05, 0.1) is 17.4 Å². The molecule has 0 atom stereocenters. The predicted octanol–water partition coefficient (Wildman–Crippen LogP) is 3.52. The van der Waals surface area contributed by atoms with Crippen molar-refractivity contribution in [1.82, 2.24) is 9.21 Å². The maximum absolute atomic E-state index is 13.5. The number of phenolic OH excluding ortho intramolecular Hbond substituents is 2. The molecule has 0 radical (unpaired) electrons. The summed E-state index contributed by atoms with van der Waals surface area (Å²) in [6.07, 6.45) is 4.54. The molecule has 3 rings (SSSR count). The van der Waals surface area contributed by atoms with Crippen molar-refractivity contribution in [2.45, 2.75) is 39.5 Å². The van der Waals surface area contributed by atoms with Crippen molar-refractivity contribution in [3.05, 3.63) is 47.0 Å². The number of aromatic hydroxyl groups is 2. The molecule has 2 N–H and O–H groups in total. The number of hydrogen-bond donors (Lipinski definition) is 2. The highest BCUT2D eigenvalue weighted by Gasteiger charge is 2.31. The Balaban J connectivity index is 2.01. The number of phenols is 2. The van der Waals surface area contributed by atoms with Crippen LogP contribution in [0, 0.1) is 6.92 Å². The Bertz CT molecular complexity index is 1090. The lowest BCUT2D eigenvalue weighted by Gasteiger charge is -2.34. The van der Waals surface area contributed by atoms with Crippen LogP contribution in [-0.2, 0) is 16.4 Å². The molecule has 1 saturated heterocycles. The van der Waals surface area contributed by atoms with E-state index in [1.807, 2.05) is 25.1 Å². The minimum atomic E-state index is -3.31. The topological polar surface area (TPSA) is 98.2 Å². The van der Waals surface area contributed by atoms with Crippen LogP contribution >= 0.6 is 0 Å². The summed E-state index contributed by atoms with van der Waals surface area (Å²) in [6.45, 7) is 4.95. The van der Waals surface area contributed by atoms with Crippen LogP contribution < -0.4 is 0 Å². The standard InChI is InChI=1S/C24H32N2O5S/c1-4-5-6-9-19-16-20(27)21(18-10-7-8-17(2)15-18)23(28)22(19)24(29)25-11-13-26(14-12-25)32(3,30)31/h7-8,10,15-16,27-28H,4-6,9,11-14H2,1-3H3. The molecule has 174 valence electrons. The zero-order valence-corrected chi connectivity index (χ0v) is 19.8. The molecule has 1 fully saturated rings. The molecule has 2 aromatic carbocycles. The molecular formula is C24H32N2O5S. The second-order valence-electron chi connectivity index (χ2n) is 8.43. The van der Waals surface area contributed by atoms with E-state index in [1.54, 1.807) is 17.0 Å². The van der Waals surface area contributed by atoms with Crippen molar-refractivity contribution in [2.24, 2.45) is 0 Å². The smallest absolute Gasteiger partial charge is 0.258 e. The first kappa shape index (κ1) is 24.1. The van der Waals surface area contributed by atoms with Gasteiger partial charge in [-0.1, -0.05) is 49.6 Å². The zero-order valence-electron chi connectivity index (χ0n) is 19.0. The monoisotopic (exact) mass is 460 g/mol. The summed E-state index contributed by atoms with van der Waals surface area (Å²) in [5.41, 5.74) is 2.66. The Morgan fingerprint density at radius 2 is 1.75 bits per heavy atom. The van der Waals surface area contributed by atoms with Gasteiger partial charge in [-0.15, -0.1) is 0 Å². The normalized spacial score (nSPS) is 15.2. The minimum Gasteiger partial charge on any atom is -0.507 e. The summed E-state index contributed by atoms with van der Waals surface area (Å²) in [5.74, 6) is -0.619. The number of rotatable bonds is 7. The minimum absolute atomic E-state index is 0.0574. The van der Waals surface area contributed by atoms with Gasteiger partial charge in [-0.3, -0.25) is 4.79 Å². The molecule has 1 aliphatic rings. The van der Waals surface area contributed by atoms with Crippen molar-refractivity contribution in [2.75, 3.05) is 32.4 Å². The lowest BCUT2D eigenvalue weighted by molar-refractivity contribution is 0.0694. The first-order chi connectivity index (χ1) is 15.1. The van der Waals surface area contributed by atoms with Gasteiger partial charge in [0, 0.05) is 26.2 Å². The van der Waals surface area contributed by atoms with E-state index in [1.165, 1.54) is 4.31 Å². The number of aryl methyl sites for hydroxylation is 2. The van der Waals surface area contributed by atoms with Gasteiger partial charge in [0.25, 0.3) is 5.91 Å². The van der Waals surface area contributed by atoms with E-state index < -0.39 is 10.0 Å². The summed E-state index contributed by atoms with van der Waals surface area (Å²) in [4.78, 5) is 15.1. The number of carbonyl (C=O) groups is 1. The molecule has 0 bridgehead atoms. The van der Waals surface area contributed by atoms with E-state index in [-0.39, 0.29) is 54.7 Å². The average molecular weight is 461 g/mol. The zero-order chi connectivity index (χ0) is 23.5. The molecule has 0 saturated carbocycles. The molecule has 8 heteroatoms. The quantitative estimate of drug-likeness (QED) is 0.616. The van der Waals surface area contributed by atoms with Crippen molar-refractivity contribution >= 4 is 15.9 Å². The van der Waals surface area contributed by atoms with Gasteiger partial charge in [0.2, 0.25) is 10.0 Å². The van der Waals surface area contributed by atoms with Gasteiger partial charge < -0.3 is 15.1 Å². The van der Waals surface area contributed by atoms with Crippen molar-refractivity contribution in [3.8, 4) is 22.6 Å². The molecule has 2 aromatic rings. The van der Waals surface area contributed by atoms with Gasteiger partial charge in [0.1, 0.15) is 11.5 Å². The third kappa shape index (κ3) is 5.24. The first-order valence-electron chi connectivity index (χ1n) is 11.0. The number of nitrogens with zero attached hydrogens (tertiary/aromatic N) is 2. The highest BCUT2D eigenvalue weighted by atomic mass is 32.2. The molecule has 0 aliphatic carbocycles. The van der Waals surface area contributed by atoms with Gasteiger partial charge in [-0.2, -0.15) is 4.31 Å². The summed E-state index contributed by atoms with van der Waals surface area (Å²) in [7, 11) is -3.31. The van der Waals surface area contributed by atoms with Crippen molar-refractivity contribution in [1.29, 1.82) is 0 Å². The fourth-order valence-corrected chi connectivity index (χ4v) is 5.00. The fourth-order valence-electron chi connectivity index (χ4n) is 4.18. The van der Waals surface area contributed by atoms with E-state index in [4.69, 9.17) is 0 Å². The molecule has 1 aliphatic heterocycles. The van der Waals surface area contributed by atoms with Crippen LogP contribution in [0.5, 0.6) is 11.5 Å². The third-order valence-electron chi connectivity index (χ3n) is 5.93. The van der Waals surface area contributed by atoms with Gasteiger partial charge >= 0.3 is 0 Å². The fraction of sp³-hybridized carbons (Fsp3) is 0.458. The summed E-state index contributed by atoms with van der Waals surface area (Å²) >= 11 is 0. The molecule has 1 heterocycles. The number of unbranched alkanes of at least 4 members (excludes halogenated alkanes) is 2. The number of piperazine rings is 1. The summed E-state index contributed by atoms with van der Waals surface area (Å²) < 4.78 is 25.0. The van der Waals surface area contributed by atoms with Crippen LogP contribution in [0.15, 0.2) is 30.3 Å². The van der Waals surface area contributed by atoms with Crippen LogP contribution in [0.1, 0.15) is 47.7 Å². The molecule has 0 spiro atoms. The van der Waals surface area contributed by atoms with Gasteiger partial charge in [0.15, 0.2) is 0 Å².